The van der Waals surface area contributed by atoms with E-state index in [4.69, 9.17) is 0 Å². The Labute approximate surface area is 220 Å². The monoisotopic (exact) mass is 486 g/mol. The van der Waals surface area contributed by atoms with Gasteiger partial charge in [0, 0.05) is 36.6 Å². The van der Waals surface area contributed by atoms with Gasteiger partial charge in [0.2, 0.25) is 0 Å². The molecule has 0 aliphatic rings. The van der Waals surface area contributed by atoms with E-state index in [0.29, 0.717) is 12.3 Å². The molecule has 5 aromatic rings. The summed E-state index contributed by atoms with van der Waals surface area (Å²) in [7, 11) is 0. The predicted molar refractivity (Wildman–Crippen MR) is 153 cm³/mol. The van der Waals surface area contributed by atoms with Crippen LogP contribution in [0.15, 0.2) is 127 Å². The molecule has 3 nitrogen and oxygen atoms in total. The van der Waals surface area contributed by atoms with Gasteiger partial charge in [0.1, 0.15) is 5.75 Å². The standard InChI is InChI=1S/C34H34N2O/c1-26(36(24-28-15-7-3-8-16-28)25-29-17-9-4-10-18-29)33(35-23-27-13-5-2-6-14-27)32-22-21-30-19-11-12-20-31(30)34(32)37/h2-22,26,33,35,37H,23-25H2,1H3/t26-,33-/m0/s1. The van der Waals surface area contributed by atoms with E-state index in [1.54, 1.807) is 0 Å². The average Bonchev–Trinajstić information content (AvgIpc) is 2.95. The van der Waals surface area contributed by atoms with Crippen molar-refractivity contribution in [3.63, 3.8) is 0 Å². The van der Waals surface area contributed by atoms with Crippen molar-refractivity contribution in [3.8, 4) is 5.75 Å². The minimum absolute atomic E-state index is 0.0859. The summed E-state index contributed by atoms with van der Waals surface area (Å²) < 4.78 is 0. The van der Waals surface area contributed by atoms with E-state index >= 15 is 0 Å². The Morgan fingerprint density at radius 3 is 1.73 bits per heavy atom. The molecular formula is C34H34N2O. The van der Waals surface area contributed by atoms with Crippen LogP contribution in [0.5, 0.6) is 5.75 Å². The summed E-state index contributed by atoms with van der Waals surface area (Å²) in [6.45, 7) is 4.61. The van der Waals surface area contributed by atoms with Crippen molar-refractivity contribution >= 4 is 10.8 Å². The molecule has 0 saturated heterocycles. The molecule has 0 unspecified atom stereocenters. The van der Waals surface area contributed by atoms with Crippen molar-refractivity contribution in [2.45, 2.75) is 38.6 Å². The zero-order chi connectivity index (χ0) is 25.5. The fourth-order valence-electron chi connectivity index (χ4n) is 5.08. The number of nitrogens with zero attached hydrogens (tertiary/aromatic N) is 1. The molecule has 186 valence electrons. The lowest BCUT2D eigenvalue weighted by molar-refractivity contribution is 0.150. The van der Waals surface area contributed by atoms with Gasteiger partial charge < -0.3 is 10.4 Å². The highest BCUT2D eigenvalue weighted by atomic mass is 16.3. The van der Waals surface area contributed by atoms with Gasteiger partial charge in [-0.25, -0.2) is 0 Å². The van der Waals surface area contributed by atoms with E-state index in [-0.39, 0.29) is 12.1 Å². The van der Waals surface area contributed by atoms with Gasteiger partial charge in [-0.3, -0.25) is 4.90 Å². The molecule has 0 aromatic heterocycles. The van der Waals surface area contributed by atoms with Crippen LogP contribution in [0, 0.1) is 0 Å². The minimum atomic E-state index is -0.0859. The first-order chi connectivity index (χ1) is 18.2. The number of rotatable bonds is 10. The summed E-state index contributed by atoms with van der Waals surface area (Å²) in [4.78, 5) is 2.50. The third-order valence-corrected chi connectivity index (χ3v) is 7.15. The summed E-state index contributed by atoms with van der Waals surface area (Å²) in [6, 6.07) is 44.0. The molecule has 0 fully saturated rings. The molecule has 2 atom stereocenters. The number of phenols is 1. The highest BCUT2D eigenvalue weighted by Gasteiger charge is 2.28. The lowest BCUT2D eigenvalue weighted by Crippen LogP contribution is -2.42. The minimum Gasteiger partial charge on any atom is -0.507 e. The van der Waals surface area contributed by atoms with Gasteiger partial charge in [0.15, 0.2) is 0 Å². The van der Waals surface area contributed by atoms with Crippen LogP contribution in [-0.4, -0.2) is 16.0 Å². The number of fused-ring (bicyclic) bond motifs is 1. The Hall–Kier alpha value is -3.92. The van der Waals surface area contributed by atoms with Gasteiger partial charge in [-0.15, -0.1) is 0 Å². The Kier molecular flexibility index (Phi) is 7.95. The fraction of sp³-hybridized carbons (Fsp3) is 0.176. The number of nitrogens with one attached hydrogen (secondary N) is 1. The maximum Gasteiger partial charge on any atom is 0.128 e. The van der Waals surface area contributed by atoms with Crippen molar-refractivity contribution in [3.05, 3.63) is 150 Å². The smallest absolute Gasteiger partial charge is 0.128 e. The van der Waals surface area contributed by atoms with E-state index in [2.05, 4.69) is 114 Å². The second kappa shape index (κ2) is 11.9. The average molecular weight is 487 g/mol. The van der Waals surface area contributed by atoms with Crippen LogP contribution in [0.3, 0.4) is 0 Å². The van der Waals surface area contributed by atoms with Crippen LogP contribution in [0.4, 0.5) is 0 Å². The second-order valence-corrected chi connectivity index (χ2v) is 9.69. The molecule has 5 rings (SSSR count). The Morgan fingerprint density at radius 1 is 0.622 bits per heavy atom. The molecule has 0 aliphatic carbocycles. The first-order valence-electron chi connectivity index (χ1n) is 13.0. The Bertz CT molecular complexity index is 1360. The summed E-state index contributed by atoms with van der Waals surface area (Å²) in [5, 5.41) is 17.2. The quantitative estimate of drug-likeness (QED) is 0.215. The zero-order valence-corrected chi connectivity index (χ0v) is 21.3. The third-order valence-electron chi connectivity index (χ3n) is 7.15. The van der Waals surface area contributed by atoms with Crippen LogP contribution in [0.1, 0.15) is 35.2 Å². The van der Waals surface area contributed by atoms with Crippen LogP contribution >= 0.6 is 0 Å². The molecule has 0 heterocycles. The Balaban J connectivity index is 1.52. The fourth-order valence-corrected chi connectivity index (χ4v) is 5.08. The topological polar surface area (TPSA) is 35.5 Å². The number of benzene rings is 5. The van der Waals surface area contributed by atoms with Crippen LogP contribution in [0.2, 0.25) is 0 Å². The molecule has 2 N–H and O–H groups in total. The number of hydrogen-bond donors (Lipinski definition) is 2. The normalized spacial score (nSPS) is 13.0. The maximum absolute atomic E-state index is 11.5. The van der Waals surface area contributed by atoms with Crippen molar-refractivity contribution in [1.29, 1.82) is 0 Å². The van der Waals surface area contributed by atoms with Crippen LogP contribution in [-0.2, 0) is 19.6 Å². The molecule has 37 heavy (non-hydrogen) atoms. The van der Waals surface area contributed by atoms with Crippen molar-refractivity contribution in [1.82, 2.24) is 10.2 Å². The van der Waals surface area contributed by atoms with Gasteiger partial charge in [0.05, 0.1) is 6.04 Å². The van der Waals surface area contributed by atoms with Crippen molar-refractivity contribution < 1.29 is 5.11 Å². The molecule has 3 heteroatoms. The first kappa shape index (κ1) is 24.8. The lowest BCUT2D eigenvalue weighted by atomic mass is 9.94. The summed E-state index contributed by atoms with van der Waals surface area (Å²) >= 11 is 0. The first-order valence-corrected chi connectivity index (χ1v) is 13.0. The molecule has 0 saturated carbocycles. The van der Waals surface area contributed by atoms with Gasteiger partial charge >= 0.3 is 0 Å². The highest BCUT2D eigenvalue weighted by Crippen LogP contribution is 2.36. The summed E-state index contributed by atoms with van der Waals surface area (Å²) in [6.07, 6.45) is 0. The van der Waals surface area contributed by atoms with E-state index in [1.165, 1.54) is 16.7 Å². The van der Waals surface area contributed by atoms with Gasteiger partial charge in [-0.1, -0.05) is 127 Å². The third kappa shape index (κ3) is 6.08. The molecule has 0 bridgehead atoms. The summed E-state index contributed by atoms with van der Waals surface area (Å²) in [5.41, 5.74) is 4.69. The molecule has 0 amide bonds. The molecular weight excluding hydrogens is 452 g/mol. The van der Waals surface area contributed by atoms with Gasteiger partial charge in [-0.2, -0.15) is 0 Å². The zero-order valence-electron chi connectivity index (χ0n) is 21.3. The molecule has 0 radical (unpaired) electrons. The second-order valence-electron chi connectivity index (χ2n) is 9.69. The number of hydrogen-bond acceptors (Lipinski definition) is 3. The van der Waals surface area contributed by atoms with Crippen LogP contribution in [0.25, 0.3) is 10.8 Å². The SMILES string of the molecule is C[C@@H]([C@H](NCc1ccccc1)c1ccc2ccccc2c1O)N(Cc1ccccc1)Cc1ccccc1. The largest absolute Gasteiger partial charge is 0.507 e. The van der Waals surface area contributed by atoms with E-state index in [0.717, 1.165) is 29.4 Å². The Morgan fingerprint density at radius 2 is 1.14 bits per heavy atom. The van der Waals surface area contributed by atoms with Crippen molar-refractivity contribution in [2.24, 2.45) is 0 Å². The number of aromatic hydroxyl groups is 1. The van der Waals surface area contributed by atoms with E-state index in [1.807, 2.05) is 30.3 Å². The van der Waals surface area contributed by atoms with Crippen molar-refractivity contribution in [2.75, 3.05) is 0 Å². The predicted octanol–water partition coefficient (Wildman–Crippen LogP) is 7.47. The van der Waals surface area contributed by atoms with Gasteiger partial charge in [0.25, 0.3) is 0 Å². The molecule has 0 aliphatic heterocycles. The molecule has 5 aromatic carbocycles. The van der Waals surface area contributed by atoms with E-state index in [9.17, 15) is 5.11 Å². The number of phenolic OH excluding ortho intramolecular Hbond substituents is 1. The van der Waals surface area contributed by atoms with Gasteiger partial charge in [-0.05, 0) is 29.0 Å². The summed E-state index contributed by atoms with van der Waals surface area (Å²) in [5.74, 6) is 0.356. The lowest BCUT2D eigenvalue weighted by Gasteiger charge is -2.36. The molecule has 0 spiro atoms. The van der Waals surface area contributed by atoms with E-state index < -0.39 is 0 Å². The maximum atomic E-state index is 11.5. The van der Waals surface area contributed by atoms with Crippen LogP contribution < -0.4 is 5.32 Å². The highest BCUT2D eigenvalue weighted by molar-refractivity contribution is 5.89.